The summed E-state index contributed by atoms with van der Waals surface area (Å²) in [4.78, 5) is 2.27. The average molecular weight is 470 g/mol. The van der Waals surface area contributed by atoms with E-state index in [4.69, 9.17) is 23.2 Å². The first-order valence-electron chi connectivity index (χ1n) is 11.7. The van der Waals surface area contributed by atoms with Crippen LogP contribution >= 0.6 is 23.2 Å². The first kappa shape index (κ1) is 20.8. The summed E-state index contributed by atoms with van der Waals surface area (Å²) in [5.41, 5.74) is 8.85. The van der Waals surface area contributed by atoms with Crippen molar-refractivity contribution in [2.45, 2.75) is 37.5 Å². The lowest BCUT2D eigenvalue weighted by molar-refractivity contribution is 0.353. The summed E-state index contributed by atoms with van der Waals surface area (Å²) in [7, 11) is 0. The van der Waals surface area contributed by atoms with Gasteiger partial charge in [-0.3, -0.25) is 0 Å². The van der Waals surface area contributed by atoms with E-state index in [1.807, 2.05) is 18.2 Å². The molecule has 0 atom stereocenters. The fourth-order valence-corrected chi connectivity index (χ4v) is 6.40. The minimum absolute atomic E-state index is 0.112. The molecular formula is C30H25Cl2N. The Kier molecular flexibility index (Phi) is 5.20. The normalized spacial score (nSPS) is 15.8. The van der Waals surface area contributed by atoms with E-state index in [2.05, 4.69) is 77.7 Å². The van der Waals surface area contributed by atoms with Crippen LogP contribution in [0.3, 0.4) is 0 Å². The highest BCUT2D eigenvalue weighted by Gasteiger charge is 2.45. The van der Waals surface area contributed by atoms with Crippen LogP contribution in [0, 0.1) is 0 Å². The van der Waals surface area contributed by atoms with E-state index in [9.17, 15) is 0 Å². The van der Waals surface area contributed by atoms with Gasteiger partial charge in [0.1, 0.15) is 0 Å². The van der Waals surface area contributed by atoms with E-state index < -0.39 is 0 Å². The number of rotatable bonds is 3. The zero-order valence-corrected chi connectivity index (χ0v) is 19.9. The fourth-order valence-electron chi connectivity index (χ4n) is 6.02. The quantitative estimate of drug-likeness (QED) is 0.288. The van der Waals surface area contributed by atoms with Gasteiger partial charge in [0.2, 0.25) is 0 Å². The van der Waals surface area contributed by atoms with Crippen LogP contribution in [0.25, 0.3) is 11.1 Å². The Labute approximate surface area is 205 Å². The van der Waals surface area contributed by atoms with Gasteiger partial charge in [-0.1, -0.05) is 103 Å². The van der Waals surface area contributed by atoms with Crippen molar-refractivity contribution in [3.8, 4) is 11.1 Å². The number of halogens is 2. The predicted octanol–water partition coefficient (Wildman–Crippen LogP) is 9.69. The van der Waals surface area contributed by atoms with Crippen LogP contribution in [-0.4, -0.2) is 0 Å². The molecule has 0 amide bonds. The molecule has 0 bridgehead atoms. The Balaban J connectivity index is 1.66. The third-order valence-electron chi connectivity index (χ3n) is 7.40. The van der Waals surface area contributed by atoms with Crippen molar-refractivity contribution in [2.24, 2.45) is 0 Å². The molecule has 1 nitrogen and oxygen atoms in total. The van der Waals surface area contributed by atoms with Gasteiger partial charge < -0.3 is 4.90 Å². The topological polar surface area (TPSA) is 3.24 Å². The van der Waals surface area contributed by atoms with Crippen LogP contribution < -0.4 is 4.90 Å². The largest absolute Gasteiger partial charge is 0.308 e. The summed E-state index contributed by atoms with van der Waals surface area (Å²) < 4.78 is 0. The summed E-state index contributed by atoms with van der Waals surface area (Å²) in [6.45, 7) is 0. The predicted molar refractivity (Wildman–Crippen MR) is 140 cm³/mol. The smallest absolute Gasteiger partial charge is 0.0832 e. The molecular weight excluding hydrogens is 445 g/mol. The lowest BCUT2D eigenvalue weighted by Gasteiger charge is -2.36. The van der Waals surface area contributed by atoms with Crippen molar-refractivity contribution in [1.82, 2.24) is 0 Å². The van der Waals surface area contributed by atoms with Gasteiger partial charge >= 0.3 is 0 Å². The molecule has 4 aromatic carbocycles. The minimum Gasteiger partial charge on any atom is -0.308 e. The van der Waals surface area contributed by atoms with Crippen LogP contribution in [-0.2, 0) is 5.41 Å². The lowest BCUT2D eigenvalue weighted by Crippen LogP contribution is -2.28. The van der Waals surface area contributed by atoms with Crippen LogP contribution in [0.15, 0.2) is 91.0 Å². The molecule has 2 aliphatic rings. The van der Waals surface area contributed by atoms with Crippen LogP contribution in [0.5, 0.6) is 0 Å². The second-order valence-corrected chi connectivity index (χ2v) is 9.92. The van der Waals surface area contributed by atoms with Gasteiger partial charge in [-0.05, 0) is 59.9 Å². The number of hydrogen-bond donors (Lipinski definition) is 0. The summed E-state index contributed by atoms with van der Waals surface area (Å²) in [6.07, 6.45) is 6.31. The van der Waals surface area contributed by atoms with Crippen LogP contribution in [0.1, 0.15) is 43.2 Å². The average Bonchev–Trinajstić information content (AvgIpc) is 3.13. The Hall–Kier alpha value is -2.74. The highest BCUT2D eigenvalue weighted by atomic mass is 35.5. The summed E-state index contributed by atoms with van der Waals surface area (Å²) in [6, 6.07) is 32.1. The molecule has 0 unspecified atom stereocenters. The minimum atomic E-state index is 0.112. The SMILES string of the molecule is Clc1cccc(N(c2ccccc2)c2cccc3c2-c2ccccc2C32CCCCC2)c1Cl. The van der Waals surface area contributed by atoms with Crippen molar-refractivity contribution in [3.05, 3.63) is 112 Å². The van der Waals surface area contributed by atoms with Gasteiger partial charge in [-0.15, -0.1) is 0 Å². The first-order valence-corrected chi connectivity index (χ1v) is 12.5. The Morgan fingerprint density at radius 2 is 1.27 bits per heavy atom. The van der Waals surface area contributed by atoms with E-state index in [1.54, 1.807) is 0 Å². The second-order valence-electron chi connectivity index (χ2n) is 9.13. The zero-order valence-electron chi connectivity index (χ0n) is 18.4. The number of nitrogens with zero attached hydrogens (tertiary/aromatic N) is 1. The maximum absolute atomic E-state index is 6.81. The maximum atomic E-state index is 6.81. The maximum Gasteiger partial charge on any atom is 0.0832 e. The van der Waals surface area contributed by atoms with Crippen molar-refractivity contribution in [3.63, 3.8) is 0 Å². The zero-order chi connectivity index (χ0) is 22.4. The summed E-state index contributed by atoms with van der Waals surface area (Å²) in [5.74, 6) is 0. The molecule has 0 radical (unpaired) electrons. The molecule has 3 heteroatoms. The van der Waals surface area contributed by atoms with Gasteiger partial charge in [-0.25, -0.2) is 0 Å². The molecule has 4 aromatic rings. The van der Waals surface area contributed by atoms with E-state index in [0.717, 1.165) is 17.1 Å². The number of fused-ring (bicyclic) bond motifs is 5. The second kappa shape index (κ2) is 8.24. The van der Waals surface area contributed by atoms with Gasteiger partial charge in [-0.2, -0.15) is 0 Å². The van der Waals surface area contributed by atoms with Crippen molar-refractivity contribution in [1.29, 1.82) is 0 Å². The van der Waals surface area contributed by atoms with E-state index >= 15 is 0 Å². The van der Waals surface area contributed by atoms with Gasteiger partial charge in [0.15, 0.2) is 0 Å². The van der Waals surface area contributed by atoms with Crippen molar-refractivity contribution < 1.29 is 0 Å². The van der Waals surface area contributed by atoms with Crippen molar-refractivity contribution in [2.75, 3.05) is 4.90 Å². The third kappa shape index (κ3) is 3.21. The Morgan fingerprint density at radius 1 is 0.606 bits per heavy atom. The Morgan fingerprint density at radius 3 is 2.09 bits per heavy atom. The molecule has 1 spiro atoms. The molecule has 164 valence electrons. The summed E-state index contributed by atoms with van der Waals surface area (Å²) >= 11 is 13.3. The van der Waals surface area contributed by atoms with Crippen LogP contribution in [0.2, 0.25) is 10.0 Å². The standard InChI is InChI=1S/C30H25Cl2N/c31-25-16-10-18-27(29(25)32)33(21-11-3-1-4-12-21)26-17-9-15-24-28(26)22-13-5-6-14-23(22)30(24)19-7-2-8-20-30/h1,3-6,9-18H,2,7-8,19-20H2. The number of anilines is 3. The first-order chi connectivity index (χ1) is 16.2. The molecule has 1 fully saturated rings. The molecule has 6 rings (SSSR count). The molecule has 0 N–H and O–H groups in total. The number of para-hydroxylation sites is 1. The highest BCUT2D eigenvalue weighted by Crippen LogP contribution is 2.59. The third-order valence-corrected chi connectivity index (χ3v) is 8.21. The van der Waals surface area contributed by atoms with E-state index in [0.29, 0.717) is 10.0 Å². The fraction of sp³-hybridized carbons (Fsp3) is 0.200. The number of benzene rings is 4. The molecule has 33 heavy (non-hydrogen) atoms. The molecule has 2 aliphatic carbocycles. The van der Waals surface area contributed by atoms with Crippen molar-refractivity contribution >= 4 is 40.3 Å². The van der Waals surface area contributed by atoms with E-state index in [-0.39, 0.29) is 5.41 Å². The molecule has 0 saturated heterocycles. The highest BCUT2D eigenvalue weighted by molar-refractivity contribution is 6.44. The number of hydrogen-bond acceptors (Lipinski definition) is 1. The molecule has 0 aliphatic heterocycles. The van der Waals surface area contributed by atoms with Gasteiger partial charge in [0.25, 0.3) is 0 Å². The van der Waals surface area contributed by atoms with Crippen LogP contribution in [0.4, 0.5) is 17.1 Å². The van der Waals surface area contributed by atoms with E-state index in [1.165, 1.54) is 54.4 Å². The van der Waals surface area contributed by atoms with Gasteiger partial charge in [0.05, 0.1) is 21.4 Å². The molecule has 1 saturated carbocycles. The lowest BCUT2D eigenvalue weighted by atomic mass is 9.68. The molecule has 0 heterocycles. The summed E-state index contributed by atoms with van der Waals surface area (Å²) in [5, 5.41) is 1.13. The monoisotopic (exact) mass is 469 g/mol. The Bertz CT molecular complexity index is 1320. The molecule has 0 aromatic heterocycles. The van der Waals surface area contributed by atoms with Gasteiger partial charge in [0, 0.05) is 16.7 Å².